The van der Waals surface area contributed by atoms with Gasteiger partial charge in [0.2, 0.25) is 0 Å². The Kier molecular flexibility index (Phi) is 14.9. The number of unbranched alkanes of at least 4 members (excludes halogenated alkanes) is 10. The first-order chi connectivity index (χ1) is 10.6. The lowest BCUT2D eigenvalue weighted by Gasteiger charge is -2.22. The highest BCUT2D eigenvalue weighted by Crippen LogP contribution is 2.14. The summed E-state index contributed by atoms with van der Waals surface area (Å²) in [6.45, 7) is 4.61. The molecule has 1 atom stereocenters. The molecule has 132 valence electrons. The van der Waals surface area contributed by atoms with Crippen LogP contribution in [0.2, 0.25) is 0 Å². The lowest BCUT2D eigenvalue weighted by Crippen LogP contribution is -2.37. The van der Waals surface area contributed by atoms with E-state index in [2.05, 4.69) is 6.92 Å². The lowest BCUT2D eigenvalue weighted by molar-refractivity contribution is -0.148. The van der Waals surface area contributed by atoms with Gasteiger partial charge in [-0.15, -0.1) is 0 Å². The molecule has 0 aromatic heterocycles. The predicted molar refractivity (Wildman–Crippen MR) is 95.2 cm³/mol. The molecule has 0 spiro atoms. The van der Waals surface area contributed by atoms with Crippen molar-refractivity contribution in [2.75, 3.05) is 20.7 Å². The SMILES string of the molecule is CCCCCCCCCCCCCC(C(=O)OCC)N(C)C. The van der Waals surface area contributed by atoms with E-state index in [1.807, 2.05) is 25.9 Å². The van der Waals surface area contributed by atoms with Gasteiger partial charge in [-0.25, -0.2) is 0 Å². The first-order valence-corrected chi connectivity index (χ1v) is 9.46. The second-order valence-electron chi connectivity index (χ2n) is 6.56. The molecule has 0 rings (SSSR count). The van der Waals surface area contributed by atoms with Crippen molar-refractivity contribution in [1.29, 1.82) is 0 Å². The highest BCUT2D eigenvalue weighted by molar-refractivity contribution is 5.75. The molecular formula is C19H39NO2. The Balaban J connectivity index is 3.48. The van der Waals surface area contributed by atoms with E-state index in [-0.39, 0.29) is 12.0 Å². The van der Waals surface area contributed by atoms with Gasteiger partial charge in [0.15, 0.2) is 0 Å². The Morgan fingerprint density at radius 1 is 0.818 bits per heavy atom. The fraction of sp³-hybridized carbons (Fsp3) is 0.947. The van der Waals surface area contributed by atoms with E-state index in [0.717, 1.165) is 12.8 Å². The van der Waals surface area contributed by atoms with Crippen molar-refractivity contribution in [2.45, 2.75) is 96.9 Å². The zero-order valence-corrected chi connectivity index (χ0v) is 15.5. The first-order valence-electron chi connectivity index (χ1n) is 9.46. The highest BCUT2D eigenvalue weighted by Gasteiger charge is 2.21. The Morgan fingerprint density at radius 3 is 1.68 bits per heavy atom. The van der Waals surface area contributed by atoms with Crippen LogP contribution in [-0.4, -0.2) is 37.6 Å². The molecule has 0 aliphatic heterocycles. The predicted octanol–water partition coefficient (Wildman–Crippen LogP) is 5.18. The van der Waals surface area contributed by atoms with Gasteiger partial charge in [0, 0.05) is 0 Å². The molecule has 0 N–H and O–H groups in total. The van der Waals surface area contributed by atoms with Gasteiger partial charge in [-0.2, -0.15) is 0 Å². The van der Waals surface area contributed by atoms with Crippen LogP contribution in [0.15, 0.2) is 0 Å². The van der Waals surface area contributed by atoms with Crippen molar-refractivity contribution in [1.82, 2.24) is 4.90 Å². The van der Waals surface area contributed by atoms with E-state index >= 15 is 0 Å². The fourth-order valence-corrected chi connectivity index (χ4v) is 2.83. The molecule has 0 amide bonds. The summed E-state index contributed by atoms with van der Waals surface area (Å²) in [4.78, 5) is 13.8. The van der Waals surface area contributed by atoms with Crippen LogP contribution in [0.25, 0.3) is 0 Å². The molecule has 3 heteroatoms. The molecule has 22 heavy (non-hydrogen) atoms. The summed E-state index contributed by atoms with van der Waals surface area (Å²) in [6, 6.07) is -0.0708. The van der Waals surface area contributed by atoms with Gasteiger partial charge in [-0.3, -0.25) is 9.69 Å². The van der Waals surface area contributed by atoms with Gasteiger partial charge < -0.3 is 4.74 Å². The zero-order valence-electron chi connectivity index (χ0n) is 15.5. The van der Waals surface area contributed by atoms with Crippen molar-refractivity contribution in [3.63, 3.8) is 0 Å². The van der Waals surface area contributed by atoms with Crippen LogP contribution in [0, 0.1) is 0 Å². The van der Waals surface area contributed by atoms with Crippen LogP contribution in [0.3, 0.4) is 0 Å². The van der Waals surface area contributed by atoms with Crippen LogP contribution in [-0.2, 0) is 9.53 Å². The highest BCUT2D eigenvalue weighted by atomic mass is 16.5. The molecular weight excluding hydrogens is 274 g/mol. The maximum Gasteiger partial charge on any atom is 0.323 e. The van der Waals surface area contributed by atoms with Gasteiger partial charge in [0.05, 0.1) is 6.61 Å². The first kappa shape index (κ1) is 21.4. The van der Waals surface area contributed by atoms with Crippen molar-refractivity contribution in [2.24, 2.45) is 0 Å². The average molecular weight is 314 g/mol. The van der Waals surface area contributed by atoms with E-state index in [0.29, 0.717) is 6.61 Å². The van der Waals surface area contributed by atoms with Crippen LogP contribution < -0.4 is 0 Å². The summed E-state index contributed by atoms with van der Waals surface area (Å²) in [6.07, 6.45) is 15.7. The van der Waals surface area contributed by atoms with E-state index < -0.39 is 0 Å². The minimum atomic E-state index is -0.0708. The third kappa shape index (κ3) is 12.0. The molecule has 0 bridgehead atoms. The molecule has 0 fully saturated rings. The Hall–Kier alpha value is -0.570. The Labute approximate surface area is 138 Å². The van der Waals surface area contributed by atoms with Crippen molar-refractivity contribution < 1.29 is 9.53 Å². The van der Waals surface area contributed by atoms with E-state index in [9.17, 15) is 4.79 Å². The number of nitrogens with zero attached hydrogens (tertiary/aromatic N) is 1. The maximum atomic E-state index is 11.8. The molecule has 0 aromatic carbocycles. The van der Waals surface area contributed by atoms with E-state index in [1.54, 1.807) is 0 Å². The fourth-order valence-electron chi connectivity index (χ4n) is 2.83. The summed E-state index contributed by atoms with van der Waals surface area (Å²) in [5, 5.41) is 0. The second kappa shape index (κ2) is 15.3. The van der Waals surface area contributed by atoms with Gasteiger partial charge in [-0.1, -0.05) is 77.6 Å². The molecule has 1 unspecified atom stereocenters. The van der Waals surface area contributed by atoms with Crippen LogP contribution in [0.4, 0.5) is 0 Å². The molecule has 0 heterocycles. The number of hydrogen-bond donors (Lipinski definition) is 0. The lowest BCUT2D eigenvalue weighted by atomic mass is 10.0. The molecule has 0 saturated heterocycles. The summed E-state index contributed by atoms with van der Waals surface area (Å²) in [5.74, 6) is -0.0698. The Bertz CT molecular complexity index is 254. The third-order valence-corrected chi connectivity index (χ3v) is 4.26. The second-order valence-corrected chi connectivity index (χ2v) is 6.56. The number of rotatable bonds is 15. The topological polar surface area (TPSA) is 29.5 Å². The third-order valence-electron chi connectivity index (χ3n) is 4.26. The quantitative estimate of drug-likeness (QED) is 0.308. The summed E-state index contributed by atoms with van der Waals surface area (Å²) >= 11 is 0. The number of hydrogen-bond acceptors (Lipinski definition) is 3. The zero-order chi connectivity index (χ0) is 16.6. The molecule has 0 aliphatic carbocycles. The largest absolute Gasteiger partial charge is 0.465 e. The normalized spacial score (nSPS) is 12.6. The summed E-state index contributed by atoms with van der Waals surface area (Å²) < 4.78 is 5.14. The van der Waals surface area contributed by atoms with E-state index in [4.69, 9.17) is 4.74 Å². The molecule has 0 saturated carbocycles. The van der Waals surface area contributed by atoms with Gasteiger partial charge >= 0.3 is 5.97 Å². The number of esters is 1. The van der Waals surface area contributed by atoms with Crippen molar-refractivity contribution in [3.05, 3.63) is 0 Å². The standard InChI is InChI=1S/C19H39NO2/c1-5-7-8-9-10-11-12-13-14-15-16-17-18(20(3)4)19(21)22-6-2/h18H,5-17H2,1-4H3. The molecule has 3 nitrogen and oxygen atoms in total. The van der Waals surface area contributed by atoms with Crippen LogP contribution in [0.1, 0.15) is 90.9 Å². The molecule has 0 aromatic rings. The van der Waals surface area contributed by atoms with Crippen LogP contribution >= 0.6 is 0 Å². The minimum Gasteiger partial charge on any atom is -0.465 e. The van der Waals surface area contributed by atoms with Gasteiger partial charge in [0.1, 0.15) is 6.04 Å². The smallest absolute Gasteiger partial charge is 0.323 e. The number of likely N-dealkylation sites (N-methyl/N-ethyl adjacent to an activating group) is 1. The van der Waals surface area contributed by atoms with Crippen LogP contribution in [0.5, 0.6) is 0 Å². The number of carbonyl (C=O) groups excluding carboxylic acids is 1. The Morgan fingerprint density at radius 2 is 1.27 bits per heavy atom. The van der Waals surface area contributed by atoms with Gasteiger partial charge in [-0.05, 0) is 27.4 Å². The van der Waals surface area contributed by atoms with E-state index in [1.165, 1.54) is 64.2 Å². The minimum absolute atomic E-state index is 0.0698. The van der Waals surface area contributed by atoms with Crippen molar-refractivity contribution in [3.8, 4) is 0 Å². The monoisotopic (exact) mass is 313 g/mol. The van der Waals surface area contributed by atoms with Gasteiger partial charge in [0.25, 0.3) is 0 Å². The molecule has 0 radical (unpaired) electrons. The number of ether oxygens (including phenoxy) is 1. The van der Waals surface area contributed by atoms with Crippen molar-refractivity contribution >= 4 is 5.97 Å². The number of carbonyl (C=O) groups is 1. The maximum absolute atomic E-state index is 11.8. The average Bonchev–Trinajstić information content (AvgIpc) is 2.48. The summed E-state index contributed by atoms with van der Waals surface area (Å²) in [7, 11) is 3.92. The molecule has 0 aliphatic rings. The summed E-state index contributed by atoms with van der Waals surface area (Å²) in [5.41, 5.74) is 0.